The molecule has 1 heterocycles. The summed E-state index contributed by atoms with van der Waals surface area (Å²) >= 11 is 8.17. The van der Waals surface area contributed by atoms with E-state index in [9.17, 15) is 9.59 Å². The normalized spacial score (nSPS) is 30.1. The molecule has 2 saturated carbocycles. The third kappa shape index (κ3) is 3.96. The van der Waals surface area contributed by atoms with Gasteiger partial charge in [0.15, 0.2) is 11.5 Å². The standard InChI is InChI=1S/C27H24ClIN2O4/c1-2-34-22-10-15(9-21(29)25(22)35-13-14-3-5-16(28)6-4-14)12-30-31-26(32)23-17-7-8-18(20-11-19(17)20)24(23)27(31)33/h3-10,12,17-20,23-24H,2,11,13H2,1H3/t17-,18-,19-,20-,23+,24+/m0/s1. The minimum atomic E-state index is -0.249. The molecule has 2 aromatic rings. The number of hydrazone groups is 1. The molecular weight excluding hydrogens is 579 g/mol. The van der Waals surface area contributed by atoms with Crippen molar-refractivity contribution >= 4 is 52.2 Å². The van der Waals surface area contributed by atoms with Crippen LogP contribution in [0.3, 0.4) is 0 Å². The van der Waals surface area contributed by atoms with Crippen molar-refractivity contribution in [3.05, 3.63) is 68.3 Å². The Morgan fingerprint density at radius 1 is 1.06 bits per heavy atom. The summed E-state index contributed by atoms with van der Waals surface area (Å²) < 4.78 is 12.8. The zero-order valence-electron chi connectivity index (χ0n) is 19.1. The average molecular weight is 603 g/mol. The van der Waals surface area contributed by atoms with Crippen molar-refractivity contribution in [3.8, 4) is 11.5 Å². The third-order valence-electron chi connectivity index (χ3n) is 7.59. The molecule has 6 atom stereocenters. The lowest BCUT2D eigenvalue weighted by Gasteiger charge is -2.37. The lowest BCUT2D eigenvalue weighted by molar-refractivity contribution is -0.140. The second-order valence-corrected chi connectivity index (χ2v) is 11.2. The zero-order chi connectivity index (χ0) is 24.3. The molecule has 2 aromatic carbocycles. The summed E-state index contributed by atoms with van der Waals surface area (Å²) in [6, 6.07) is 11.2. The number of hydrogen-bond acceptors (Lipinski definition) is 5. The largest absolute Gasteiger partial charge is 0.490 e. The number of rotatable bonds is 7. The molecule has 0 spiro atoms. The minimum absolute atomic E-state index is 0.163. The topological polar surface area (TPSA) is 68.2 Å². The maximum Gasteiger partial charge on any atom is 0.254 e. The summed E-state index contributed by atoms with van der Waals surface area (Å²) in [6.45, 7) is 2.75. The highest BCUT2D eigenvalue weighted by molar-refractivity contribution is 14.1. The predicted molar refractivity (Wildman–Crippen MR) is 140 cm³/mol. The number of carbonyl (C=O) groups excluding carboxylic acids is 2. The van der Waals surface area contributed by atoms with Crippen LogP contribution in [0, 0.1) is 39.1 Å². The van der Waals surface area contributed by atoms with E-state index < -0.39 is 0 Å². The first-order valence-corrected chi connectivity index (χ1v) is 13.4. The van der Waals surface area contributed by atoms with E-state index in [1.54, 1.807) is 6.21 Å². The molecule has 8 heteroatoms. The molecule has 180 valence electrons. The van der Waals surface area contributed by atoms with Crippen molar-refractivity contribution in [3.63, 3.8) is 0 Å². The predicted octanol–water partition coefficient (Wildman–Crippen LogP) is 5.31. The van der Waals surface area contributed by atoms with Gasteiger partial charge in [-0.05, 0) is 95.0 Å². The monoisotopic (exact) mass is 602 g/mol. The number of carbonyl (C=O) groups is 2. The van der Waals surface area contributed by atoms with Crippen molar-refractivity contribution in [1.29, 1.82) is 0 Å². The molecule has 35 heavy (non-hydrogen) atoms. The van der Waals surface area contributed by atoms with Crippen molar-refractivity contribution in [1.82, 2.24) is 5.01 Å². The number of hydrogen-bond donors (Lipinski definition) is 0. The molecule has 0 N–H and O–H groups in total. The van der Waals surface area contributed by atoms with Gasteiger partial charge in [0.1, 0.15) is 6.61 Å². The van der Waals surface area contributed by atoms with E-state index >= 15 is 0 Å². The van der Waals surface area contributed by atoms with Gasteiger partial charge >= 0.3 is 0 Å². The molecule has 4 aliphatic carbocycles. The molecule has 2 amide bonds. The van der Waals surface area contributed by atoms with Crippen LogP contribution in [0.2, 0.25) is 5.02 Å². The lowest BCUT2D eigenvalue weighted by Crippen LogP contribution is -2.40. The Morgan fingerprint density at radius 3 is 2.34 bits per heavy atom. The summed E-state index contributed by atoms with van der Waals surface area (Å²) in [5, 5.41) is 6.14. The maximum absolute atomic E-state index is 13.2. The van der Waals surface area contributed by atoms with Gasteiger partial charge < -0.3 is 9.47 Å². The molecule has 7 rings (SSSR count). The van der Waals surface area contributed by atoms with Crippen molar-refractivity contribution in [2.24, 2.45) is 40.6 Å². The van der Waals surface area contributed by atoms with Crippen LogP contribution in [0.4, 0.5) is 0 Å². The van der Waals surface area contributed by atoms with Gasteiger partial charge in [-0.2, -0.15) is 10.1 Å². The van der Waals surface area contributed by atoms with E-state index in [4.69, 9.17) is 21.1 Å². The molecule has 0 radical (unpaired) electrons. The number of imide groups is 1. The minimum Gasteiger partial charge on any atom is -0.490 e. The highest BCUT2D eigenvalue weighted by Crippen LogP contribution is 2.65. The molecule has 2 bridgehead atoms. The zero-order valence-corrected chi connectivity index (χ0v) is 22.0. The molecule has 1 saturated heterocycles. The van der Waals surface area contributed by atoms with Crippen LogP contribution < -0.4 is 9.47 Å². The number of benzene rings is 2. The summed E-state index contributed by atoms with van der Waals surface area (Å²) in [5.74, 6) is 1.92. The Labute approximate surface area is 222 Å². The van der Waals surface area contributed by atoms with Gasteiger partial charge in [-0.25, -0.2) is 0 Å². The van der Waals surface area contributed by atoms with Crippen molar-refractivity contribution in [2.45, 2.75) is 20.0 Å². The Hall–Kier alpha value is -2.39. The summed E-state index contributed by atoms with van der Waals surface area (Å²) in [4.78, 5) is 26.3. The summed E-state index contributed by atoms with van der Waals surface area (Å²) in [7, 11) is 0. The number of nitrogens with zero attached hydrogens (tertiary/aromatic N) is 2. The second kappa shape index (κ2) is 8.92. The van der Waals surface area contributed by atoms with Crippen LogP contribution in [0.15, 0.2) is 53.7 Å². The van der Waals surface area contributed by atoms with Gasteiger partial charge in [0.05, 0.1) is 28.2 Å². The average Bonchev–Trinajstić information content (AvgIpc) is 3.63. The molecule has 3 fully saturated rings. The van der Waals surface area contributed by atoms with E-state index in [0.717, 1.165) is 26.1 Å². The van der Waals surface area contributed by atoms with Gasteiger partial charge in [-0.3, -0.25) is 9.59 Å². The molecule has 0 aromatic heterocycles. The van der Waals surface area contributed by atoms with Gasteiger partial charge in [-0.1, -0.05) is 35.9 Å². The van der Waals surface area contributed by atoms with E-state index in [1.807, 2.05) is 43.3 Å². The number of allylic oxidation sites excluding steroid dienone is 2. The van der Waals surface area contributed by atoms with Gasteiger partial charge in [0.25, 0.3) is 11.8 Å². The molecule has 1 aliphatic heterocycles. The second-order valence-electron chi connectivity index (χ2n) is 9.57. The first-order chi connectivity index (χ1) is 17.0. The van der Waals surface area contributed by atoms with Gasteiger partial charge in [0.2, 0.25) is 0 Å². The van der Waals surface area contributed by atoms with Gasteiger partial charge in [0, 0.05) is 5.02 Å². The number of amides is 2. The first-order valence-electron chi connectivity index (χ1n) is 11.9. The fourth-order valence-electron chi connectivity index (χ4n) is 5.98. The molecular formula is C27H24ClIN2O4. The highest BCUT2D eigenvalue weighted by atomic mass is 127. The lowest BCUT2D eigenvalue weighted by atomic mass is 9.63. The smallest absolute Gasteiger partial charge is 0.254 e. The molecule has 0 unspecified atom stereocenters. The fraction of sp³-hybridized carbons (Fsp3) is 0.370. The first kappa shape index (κ1) is 23.0. The highest BCUT2D eigenvalue weighted by Gasteiger charge is 2.67. The summed E-state index contributed by atoms with van der Waals surface area (Å²) in [6.07, 6.45) is 7.04. The van der Waals surface area contributed by atoms with Crippen LogP contribution in [-0.4, -0.2) is 29.6 Å². The number of ether oxygens (including phenoxy) is 2. The van der Waals surface area contributed by atoms with Crippen LogP contribution in [0.1, 0.15) is 24.5 Å². The van der Waals surface area contributed by atoms with E-state index in [1.165, 1.54) is 0 Å². The maximum atomic E-state index is 13.2. The van der Waals surface area contributed by atoms with Crippen LogP contribution in [-0.2, 0) is 16.2 Å². The van der Waals surface area contributed by atoms with E-state index in [-0.39, 0.29) is 35.5 Å². The van der Waals surface area contributed by atoms with Crippen LogP contribution in [0.25, 0.3) is 0 Å². The van der Waals surface area contributed by atoms with E-state index in [2.05, 4.69) is 39.8 Å². The Morgan fingerprint density at radius 2 is 1.71 bits per heavy atom. The summed E-state index contributed by atoms with van der Waals surface area (Å²) in [5.41, 5.74) is 1.73. The number of halogens is 2. The molecule has 6 nitrogen and oxygen atoms in total. The SMILES string of the molecule is CCOc1cc(C=NN2C(=O)[C@@H]3[C@H]4C=C[C@@H]([C@@H]5C[C@@H]45)[C@H]3C2=O)cc(I)c1OCc1ccc(Cl)cc1. The third-order valence-corrected chi connectivity index (χ3v) is 8.64. The van der Waals surface area contributed by atoms with Gasteiger partial charge in [-0.15, -0.1) is 0 Å². The quantitative estimate of drug-likeness (QED) is 0.187. The molecule has 5 aliphatic rings. The van der Waals surface area contributed by atoms with E-state index in [0.29, 0.717) is 41.6 Å². The van der Waals surface area contributed by atoms with Crippen LogP contribution >= 0.6 is 34.2 Å². The van der Waals surface area contributed by atoms with Crippen molar-refractivity contribution in [2.75, 3.05) is 6.61 Å². The fourth-order valence-corrected chi connectivity index (χ4v) is 6.89. The van der Waals surface area contributed by atoms with Crippen molar-refractivity contribution < 1.29 is 19.1 Å². The van der Waals surface area contributed by atoms with Crippen LogP contribution in [0.5, 0.6) is 11.5 Å². The Kier molecular flexibility index (Phi) is 5.87. The Bertz CT molecular complexity index is 1220. The Balaban J connectivity index is 1.21.